The lowest BCUT2D eigenvalue weighted by molar-refractivity contribution is -0.384. The van der Waals surface area contributed by atoms with Gasteiger partial charge in [-0.3, -0.25) is 14.9 Å². The van der Waals surface area contributed by atoms with Crippen molar-refractivity contribution in [3.63, 3.8) is 0 Å². The molecule has 0 saturated heterocycles. The topological polar surface area (TPSA) is 98.9 Å². The summed E-state index contributed by atoms with van der Waals surface area (Å²) in [5, 5.41) is 15.5. The average molecular weight is 463 g/mol. The molecule has 2 aliphatic rings. The Labute approximate surface area is 199 Å². The van der Waals surface area contributed by atoms with Crippen molar-refractivity contribution in [2.45, 2.75) is 64.2 Å². The third-order valence-electron chi connectivity index (χ3n) is 6.96. The Morgan fingerprint density at radius 3 is 2.03 bits per heavy atom. The van der Waals surface area contributed by atoms with Crippen molar-refractivity contribution < 1.29 is 19.3 Å². The first-order chi connectivity index (χ1) is 16.5. The fraction of sp³-hybridized carbons (Fsp3) is 0.444. The van der Waals surface area contributed by atoms with E-state index in [-0.39, 0.29) is 29.3 Å². The van der Waals surface area contributed by atoms with Crippen LogP contribution in [-0.4, -0.2) is 22.4 Å². The second-order valence-corrected chi connectivity index (χ2v) is 9.24. The molecule has 0 bridgehead atoms. The van der Waals surface area contributed by atoms with E-state index in [9.17, 15) is 19.7 Å². The quantitative estimate of drug-likeness (QED) is 0.154. The normalized spacial score (nSPS) is 17.8. The summed E-state index contributed by atoms with van der Waals surface area (Å²) in [6, 6.07) is 13.3. The van der Waals surface area contributed by atoms with Gasteiger partial charge in [-0.05, 0) is 37.3 Å². The van der Waals surface area contributed by atoms with Gasteiger partial charge in [0.1, 0.15) is 5.71 Å². The zero-order valence-electron chi connectivity index (χ0n) is 19.3. The summed E-state index contributed by atoms with van der Waals surface area (Å²) < 4.78 is 0. The van der Waals surface area contributed by atoms with Crippen LogP contribution in [0.2, 0.25) is 0 Å². The molecular weight excluding hydrogens is 432 g/mol. The van der Waals surface area contributed by atoms with Gasteiger partial charge in [-0.15, -0.1) is 0 Å². The number of rotatable bonds is 7. The van der Waals surface area contributed by atoms with Gasteiger partial charge in [0, 0.05) is 17.5 Å². The van der Waals surface area contributed by atoms with E-state index in [2.05, 4.69) is 5.16 Å². The number of hydrogen-bond donors (Lipinski definition) is 0. The van der Waals surface area contributed by atoms with Crippen molar-refractivity contribution in [3.8, 4) is 11.1 Å². The highest BCUT2D eigenvalue weighted by atomic mass is 16.7. The summed E-state index contributed by atoms with van der Waals surface area (Å²) in [6.45, 7) is 0. The van der Waals surface area contributed by atoms with Crippen LogP contribution < -0.4 is 0 Å². The lowest BCUT2D eigenvalue weighted by Crippen LogP contribution is -2.28. The zero-order chi connectivity index (χ0) is 23.9. The monoisotopic (exact) mass is 462 g/mol. The van der Waals surface area contributed by atoms with Gasteiger partial charge in [0.25, 0.3) is 5.69 Å². The summed E-state index contributed by atoms with van der Waals surface area (Å²) in [7, 11) is 0. The molecule has 2 aromatic carbocycles. The maximum atomic E-state index is 13.4. The number of nitro benzene ring substituents is 1. The third kappa shape index (κ3) is 5.58. The first kappa shape index (κ1) is 23.8. The number of hydrogen-bond acceptors (Lipinski definition) is 6. The van der Waals surface area contributed by atoms with Crippen LogP contribution in [0.1, 0.15) is 74.6 Å². The minimum absolute atomic E-state index is 0.0145. The summed E-state index contributed by atoms with van der Waals surface area (Å²) in [6.07, 6.45) is 9.66. The van der Waals surface area contributed by atoms with E-state index in [4.69, 9.17) is 4.84 Å². The first-order valence-electron chi connectivity index (χ1n) is 12.2. The molecule has 0 amide bonds. The summed E-state index contributed by atoms with van der Waals surface area (Å²) in [4.78, 5) is 42.2. The van der Waals surface area contributed by atoms with Crippen molar-refractivity contribution in [1.82, 2.24) is 0 Å². The Balaban J connectivity index is 1.56. The highest BCUT2D eigenvalue weighted by Crippen LogP contribution is 2.31. The van der Waals surface area contributed by atoms with Gasteiger partial charge in [0.05, 0.1) is 16.4 Å². The fourth-order valence-corrected chi connectivity index (χ4v) is 5.01. The molecule has 2 aliphatic carbocycles. The lowest BCUT2D eigenvalue weighted by Gasteiger charge is -2.23. The van der Waals surface area contributed by atoms with Gasteiger partial charge in [0.2, 0.25) is 5.78 Å². The van der Waals surface area contributed by atoms with E-state index in [1.165, 1.54) is 6.07 Å². The van der Waals surface area contributed by atoms with Gasteiger partial charge >= 0.3 is 5.97 Å². The Hall–Kier alpha value is -3.35. The molecular formula is C27H30N2O5. The van der Waals surface area contributed by atoms with Crippen molar-refractivity contribution in [3.05, 3.63) is 64.2 Å². The molecule has 2 aromatic rings. The number of Topliss-reactive ketones (excluding diaryl/α,β-unsaturated/α-hetero) is 1. The number of para-hydroxylation sites is 1. The summed E-state index contributed by atoms with van der Waals surface area (Å²) in [5.74, 6) is -0.763. The maximum absolute atomic E-state index is 13.4. The predicted molar refractivity (Wildman–Crippen MR) is 130 cm³/mol. The molecule has 0 spiro atoms. The molecule has 7 heteroatoms. The molecule has 2 fully saturated rings. The van der Waals surface area contributed by atoms with Gasteiger partial charge < -0.3 is 4.84 Å². The van der Waals surface area contributed by atoms with Crippen LogP contribution in [0.4, 0.5) is 5.69 Å². The summed E-state index contributed by atoms with van der Waals surface area (Å²) in [5.41, 5.74) is 1.90. The Morgan fingerprint density at radius 1 is 0.824 bits per heavy atom. The number of ketones is 1. The van der Waals surface area contributed by atoms with Crippen LogP contribution in [0, 0.1) is 22.0 Å². The zero-order valence-corrected chi connectivity index (χ0v) is 19.3. The highest BCUT2D eigenvalue weighted by Gasteiger charge is 2.29. The Morgan fingerprint density at radius 2 is 1.41 bits per heavy atom. The van der Waals surface area contributed by atoms with Gasteiger partial charge in [0.15, 0.2) is 0 Å². The lowest BCUT2D eigenvalue weighted by atomic mass is 9.83. The molecule has 178 valence electrons. The first-order valence-corrected chi connectivity index (χ1v) is 12.2. The number of oxime groups is 1. The Kier molecular flexibility index (Phi) is 7.83. The van der Waals surface area contributed by atoms with Gasteiger partial charge in [-0.1, -0.05) is 80.1 Å². The molecule has 7 nitrogen and oxygen atoms in total. The van der Waals surface area contributed by atoms with E-state index < -0.39 is 4.92 Å². The number of benzene rings is 2. The molecule has 34 heavy (non-hydrogen) atoms. The van der Waals surface area contributed by atoms with E-state index in [1.807, 2.05) is 0 Å². The van der Waals surface area contributed by atoms with Crippen LogP contribution in [-0.2, 0) is 9.63 Å². The molecule has 0 radical (unpaired) electrons. The van der Waals surface area contributed by atoms with Crippen molar-refractivity contribution >= 4 is 23.2 Å². The number of carbonyl (C=O) groups is 2. The van der Waals surface area contributed by atoms with Crippen LogP contribution in [0.3, 0.4) is 0 Å². The van der Waals surface area contributed by atoms with E-state index in [1.54, 1.807) is 42.5 Å². The molecule has 0 atom stereocenters. The third-order valence-corrected chi connectivity index (χ3v) is 6.96. The molecule has 0 aliphatic heterocycles. The number of carbonyl (C=O) groups excluding carboxylic acids is 2. The molecule has 0 N–H and O–H groups in total. The molecule has 0 unspecified atom stereocenters. The molecule has 0 heterocycles. The second kappa shape index (κ2) is 11.2. The van der Waals surface area contributed by atoms with Gasteiger partial charge in [-0.2, -0.15) is 0 Å². The standard InChI is InChI=1S/C27H30N2O5/c30-26(21-17-15-19(16-18-21)23-13-7-8-14-24(23)29(32)33)25(20-9-3-1-4-10-20)28-34-27(31)22-11-5-2-6-12-22/h7-8,13-18,20,22H,1-6,9-12H2/b28-25-. The average Bonchev–Trinajstić information content (AvgIpc) is 2.89. The molecule has 0 aromatic heterocycles. The largest absolute Gasteiger partial charge is 0.338 e. The Bertz CT molecular complexity index is 1060. The fourth-order valence-electron chi connectivity index (χ4n) is 5.01. The minimum atomic E-state index is -0.414. The van der Waals surface area contributed by atoms with Crippen LogP contribution in [0.5, 0.6) is 0 Å². The molecule has 4 rings (SSSR count). The predicted octanol–water partition coefficient (Wildman–Crippen LogP) is 6.50. The minimum Gasteiger partial charge on any atom is -0.318 e. The maximum Gasteiger partial charge on any atom is 0.338 e. The number of nitrogens with zero attached hydrogens (tertiary/aromatic N) is 2. The molecule has 2 saturated carbocycles. The van der Waals surface area contributed by atoms with E-state index in [0.717, 1.165) is 64.2 Å². The smallest absolute Gasteiger partial charge is 0.318 e. The summed E-state index contributed by atoms with van der Waals surface area (Å²) >= 11 is 0. The van der Waals surface area contributed by atoms with Crippen LogP contribution in [0.25, 0.3) is 11.1 Å². The van der Waals surface area contributed by atoms with Gasteiger partial charge in [-0.25, -0.2) is 4.79 Å². The van der Waals surface area contributed by atoms with E-state index >= 15 is 0 Å². The second-order valence-electron chi connectivity index (χ2n) is 9.24. The van der Waals surface area contributed by atoms with Crippen molar-refractivity contribution in [2.75, 3.05) is 0 Å². The van der Waals surface area contributed by atoms with Crippen LogP contribution in [0.15, 0.2) is 53.7 Å². The van der Waals surface area contributed by atoms with Crippen molar-refractivity contribution in [1.29, 1.82) is 0 Å². The van der Waals surface area contributed by atoms with Crippen molar-refractivity contribution in [2.24, 2.45) is 17.0 Å². The van der Waals surface area contributed by atoms with Crippen LogP contribution >= 0.6 is 0 Å². The number of nitro groups is 1. The van der Waals surface area contributed by atoms with E-state index in [0.29, 0.717) is 22.4 Å². The SMILES string of the molecule is O=C(/C(=N\OC(=O)C1CCCCC1)C1CCCCC1)c1ccc(-c2ccccc2[N+](=O)[O-])cc1. The highest BCUT2D eigenvalue weighted by molar-refractivity contribution is 6.46.